The van der Waals surface area contributed by atoms with Crippen LogP contribution in [-0.2, 0) is 20.9 Å². The molecular formula is C16H23N3O3. The lowest BCUT2D eigenvalue weighted by Crippen LogP contribution is -2.32. The predicted octanol–water partition coefficient (Wildman–Crippen LogP) is 1.02. The summed E-state index contributed by atoms with van der Waals surface area (Å²) in [5, 5.41) is 5.68. The second-order valence-electron chi connectivity index (χ2n) is 5.55. The summed E-state index contributed by atoms with van der Waals surface area (Å²) in [6, 6.07) is 7.41. The summed E-state index contributed by atoms with van der Waals surface area (Å²) in [5.74, 6) is -0.394. The molecule has 0 aliphatic carbocycles. The lowest BCUT2D eigenvalue weighted by molar-refractivity contribution is -0.125. The van der Waals surface area contributed by atoms with Crippen molar-refractivity contribution in [1.29, 1.82) is 0 Å². The van der Waals surface area contributed by atoms with Crippen LogP contribution in [0.5, 0.6) is 0 Å². The molecule has 2 atom stereocenters. The molecule has 6 heteroatoms. The molecule has 1 aliphatic rings. The number of rotatable bonds is 6. The standard InChI is InChI=1S/C16H23N3O3/c1-11(9-17)15(20)18-10-12-4-2-5-13(8-12)19-16(21)14-6-3-7-22-14/h2,4-5,8,11,14H,3,6-7,9-10,17H2,1H3,(H,18,20)(H,19,21). The lowest BCUT2D eigenvalue weighted by atomic mass is 10.1. The molecule has 1 aromatic rings. The Morgan fingerprint density at radius 2 is 2.27 bits per heavy atom. The maximum Gasteiger partial charge on any atom is 0.253 e. The largest absolute Gasteiger partial charge is 0.368 e. The van der Waals surface area contributed by atoms with Gasteiger partial charge in [0.25, 0.3) is 5.91 Å². The zero-order valence-corrected chi connectivity index (χ0v) is 12.8. The van der Waals surface area contributed by atoms with Crippen molar-refractivity contribution < 1.29 is 14.3 Å². The molecule has 1 aromatic carbocycles. The van der Waals surface area contributed by atoms with E-state index in [-0.39, 0.29) is 23.8 Å². The molecule has 1 fully saturated rings. The van der Waals surface area contributed by atoms with Crippen molar-refractivity contribution >= 4 is 17.5 Å². The van der Waals surface area contributed by atoms with Gasteiger partial charge in [-0.3, -0.25) is 9.59 Å². The van der Waals surface area contributed by atoms with Crippen LogP contribution in [0.2, 0.25) is 0 Å². The maximum atomic E-state index is 12.0. The van der Waals surface area contributed by atoms with Crippen molar-refractivity contribution in [3.8, 4) is 0 Å². The number of nitrogens with one attached hydrogen (secondary N) is 2. The van der Waals surface area contributed by atoms with Gasteiger partial charge in [-0.25, -0.2) is 0 Å². The minimum Gasteiger partial charge on any atom is -0.368 e. The summed E-state index contributed by atoms with van der Waals surface area (Å²) in [6.45, 7) is 3.16. The molecule has 1 aliphatic heterocycles. The van der Waals surface area contributed by atoms with Crippen LogP contribution >= 0.6 is 0 Å². The highest BCUT2D eigenvalue weighted by Crippen LogP contribution is 2.16. The summed E-state index contributed by atoms with van der Waals surface area (Å²) in [4.78, 5) is 23.7. The van der Waals surface area contributed by atoms with Crippen molar-refractivity contribution in [2.24, 2.45) is 11.7 Å². The Balaban J connectivity index is 1.89. The Kier molecular flexibility index (Phi) is 5.91. The number of benzene rings is 1. The number of carbonyl (C=O) groups excluding carboxylic acids is 2. The maximum absolute atomic E-state index is 12.0. The number of hydrogen-bond donors (Lipinski definition) is 3. The van der Waals surface area contributed by atoms with Gasteiger partial charge < -0.3 is 21.1 Å². The highest BCUT2D eigenvalue weighted by atomic mass is 16.5. The van der Waals surface area contributed by atoms with E-state index >= 15 is 0 Å². The molecule has 1 saturated heterocycles. The Labute approximate surface area is 130 Å². The third-order valence-electron chi connectivity index (χ3n) is 3.68. The smallest absolute Gasteiger partial charge is 0.253 e. The first-order valence-corrected chi connectivity index (χ1v) is 7.59. The summed E-state index contributed by atoms with van der Waals surface area (Å²) < 4.78 is 5.35. The minimum atomic E-state index is -0.353. The van der Waals surface area contributed by atoms with E-state index in [0.717, 1.165) is 18.4 Å². The molecule has 2 rings (SSSR count). The fraction of sp³-hybridized carbons (Fsp3) is 0.500. The lowest BCUT2D eigenvalue weighted by Gasteiger charge is -2.13. The average molecular weight is 305 g/mol. The summed E-state index contributed by atoms with van der Waals surface area (Å²) >= 11 is 0. The van der Waals surface area contributed by atoms with Crippen molar-refractivity contribution in [2.45, 2.75) is 32.4 Å². The third kappa shape index (κ3) is 4.54. The SMILES string of the molecule is CC(CN)C(=O)NCc1cccc(NC(=O)C2CCCO2)c1. The summed E-state index contributed by atoms with van der Waals surface area (Å²) in [5.41, 5.74) is 7.09. The fourth-order valence-electron chi connectivity index (χ4n) is 2.24. The molecule has 1 heterocycles. The van der Waals surface area contributed by atoms with Gasteiger partial charge in [0.2, 0.25) is 5.91 Å². The van der Waals surface area contributed by atoms with E-state index in [1.54, 1.807) is 6.92 Å². The van der Waals surface area contributed by atoms with Gasteiger partial charge in [-0.2, -0.15) is 0 Å². The number of ether oxygens (including phenoxy) is 1. The molecular weight excluding hydrogens is 282 g/mol. The van der Waals surface area contributed by atoms with Gasteiger partial charge in [0.15, 0.2) is 0 Å². The summed E-state index contributed by atoms with van der Waals surface area (Å²) in [6.07, 6.45) is 1.33. The Hall–Kier alpha value is -1.92. The highest BCUT2D eigenvalue weighted by Gasteiger charge is 2.23. The average Bonchev–Trinajstić information content (AvgIpc) is 3.06. The van der Waals surface area contributed by atoms with Crippen LogP contribution in [0.25, 0.3) is 0 Å². The summed E-state index contributed by atoms with van der Waals surface area (Å²) in [7, 11) is 0. The number of hydrogen-bond acceptors (Lipinski definition) is 4. The van der Waals surface area contributed by atoms with E-state index in [4.69, 9.17) is 10.5 Å². The molecule has 0 radical (unpaired) electrons. The highest BCUT2D eigenvalue weighted by molar-refractivity contribution is 5.94. The van der Waals surface area contributed by atoms with Gasteiger partial charge in [-0.1, -0.05) is 19.1 Å². The number of carbonyl (C=O) groups is 2. The zero-order valence-electron chi connectivity index (χ0n) is 12.8. The molecule has 4 N–H and O–H groups in total. The number of anilines is 1. The molecule has 22 heavy (non-hydrogen) atoms. The van der Waals surface area contributed by atoms with Crippen LogP contribution in [0.15, 0.2) is 24.3 Å². The molecule has 0 saturated carbocycles. The zero-order chi connectivity index (χ0) is 15.9. The van der Waals surface area contributed by atoms with E-state index in [1.165, 1.54) is 0 Å². The van der Waals surface area contributed by atoms with Crippen molar-refractivity contribution in [2.75, 3.05) is 18.5 Å². The van der Waals surface area contributed by atoms with Crippen LogP contribution < -0.4 is 16.4 Å². The third-order valence-corrected chi connectivity index (χ3v) is 3.68. The first kappa shape index (κ1) is 16.5. The second-order valence-corrected chi connectivity index (χ2v) is 5.55. The predicted molar refractivity (Wildman–Crippen MR) is 84.1 cm³/mol. The van der Waals surface area contributed by atoms with Crippen LogP contribution in [-0.4, -0.2) is 31.1 Å². The van der Waals surface area contributed by atoms with Crippen LogP contribution in [0, 0.1) is 5.92 Å². The van der Waals surface area contributed by atoms with Crippen LogP contribution in [0.4, 0.5) is 5.69 Å². The normalized spacial score (nSPS) is 18.7. The van der Waals surface area contributed by atoms with Gasteiger partial charge in [0, 0.05) is 31.3 Å². The molecule has 120 valence electrons. The van der Waals surface area contributed by atoms with Gasteiger partial charge in [0.1, 0.15) is 6.10 Å². The number of amides is 2. The molecule has 2 unspecified atom stereocenters. The van der Waals surface area contributed by atoms with Gasteiger partial charge in [-0.15, -0.1) is 0 Å². The fourth-order valence-corrected chi connectivity index (χ4v) is 2.24. The van der Waals surface area contributed by atoms with Crippen molar-refractivity contribution in [1.82, 2.24) is 5.32 Å². The topological polar surface area (TPSA) is 93.5 Å². The van der Waals surface area contributed by atoms with E-state index in [1.807, 2.05) is 24.3 Å². The van der Waals surface area contributed by atoms with E-state index in [0.29, 0.717) is 25.4 Å². The van der Waals surface area contributed by atoms with Crippen LogP contribution in [0.1, 0.15) is 25.3 Å². The Bertz CT molecular complexity index is 527. The van der Waals surface area contributed by atoms with Gasteiger partial charge >= 0.3 is 0 Å². The van der Waals surface area contributed by atoms with Gasteiger partial charge in [0.05, 0.1) is 0 Å². The van der Waals surface area contributed by atoms with Crippen LogP contribution in [0.3, 0.4) is 0 Å². The molecule has 0 bridgehead atoms. The molecule has 0 aromatic heterocycles. The monoisotopic (exact) mass is 305 g/mol. The van der Waals surface area contributed by atoms with Gasteiger partial charge in [-0.05, 0) is 30.5 Å². The first-order valence-electron chi connectivity index (χ1n) is 7.59. The minimum absolute atomic E-state index is 0.0729. The van der Waals surface area contributed by atoms with E-state index in [2.05, 4.69) is 10.6 Å². The van der Waals surface area contributed by atoms with Crippen molar-refractivity contribution in [3.63, 3.8) is 0 Å². The van der Waals surface area contributed by atoms with Crippen molar-refractivity contribution in [3.05, 3.63) is 29.8 Å². The molecule has 0 spiro atoms. The Morgan fingerprint density at radius 3 is 2.95 bits per heavy atom. The Morgan fingerprint density at radius 1 is 1.45 bits per heavy atom. The van der Waals surface area contributed by atoms with E-state index < -0.39 is 0 Å². The first-order chi connectivity index (χ1) is 10.6. The molecule has 6 nitrogen and oxygen atoms in total. The number of nitrogens with two attached hydrogens (primary N) is 1. The molecule has 2 amide bonds. The quantitative estimate of drug-likeness (QED) is 0.731. The second kappa shape index (κ2) is 7.91. The van der Waals surface area contributed by atoms with E-state index in [9.17, 15) is 9.59 Å².